The highest BCUT2D eigenvalue weighted by atomic mass is 32.2. The molecule has 0 aromatic rings. The highest BCUT2D eigenvalue weighted by Crippen LogP contribution is 2.41. The summed E-state index contributed by atoms with van der Waals surface area (Å²) in [6.07, 6.45) is 0.918. The minimum absolute atomic E-state index is 0.229. The maximum absolute atomic E-state index is 10.8. The summed E-state index contributed by atoms with van der Waals surface area (Å²) < 4.78 is -0.360. The van der Waals surface area contributed by atoms with E-state index >= 15 is 0 Å². The average molecular weight is 183 g/mol. The largest absolute Gasteiger partial charge is 0.300 e. The standard InChI is InChI=1S/C9H13NOS/c1-7(2)5-12-9(6-10)3-8(11)4-9/h7H,3-5H2,1-2H3. The predicted molar refractivity (Wildman–Crippen MR) is 49.9 cm³/mol. The first-order valence-electron chi connectivity index (χ1n) is 4.15. The molecule has 0 spiro atoms. The molecule has 0 bridgehead atoms. The van der Waals surface area contributed by atoms with Crippen LogP contribution in [-0.2, 0) is 4.79 Å². The van der Waals surface area contributed by atoms with E-state index in [1.165, 1.54) is 0 Å². The molecular weight excluding hydrogens is 170 g/mol. The number of Topliss-reactive ketones (excluding diaryl/α,β-unsaturated/α-hetero) is 1. The summed E-state index contributed by atoms with van der Waals surface area (Å²) in [6, 6.07) is 2.24. The Labute approximate surface area is 77.3 Å². The van der Waals surface area contributed by atoms with E-state index in [0.29, 0.717) is 18.8 Å². The second-order valence-electron chi connectivity index (χ2n) is 3.70. The van der Waals surface area contributed by atoms with Crippen molar-refractivity contribution in [3.63, 3.8) is 0 Å². The highest BCUT2D eigenvalue weighted by Gasteiger charge is 2.44. The van der Waals surface area contributed by atoms with Crippen LogP contribution in [0.2, 0.25) is 0 Å². The lowest BCUT2D eigenvalue weighted by molar-refractivity contribution is -0.124. The van der Waals surface area contributed by atoms with Crippen LogP contribution in [0.1, 0.15) is 26.7 Å². The van der Waals surface area contributed by atoms with E-state index in [1.54, 1.807) is 11.8 Å². The van der Waals surface area contributed by atoms with Crippen molar-refractivity contribution < 1.29 is 4.79 Å². The highest BCUT2D eigenvalue weighted by molar-refractivity contribution is 8.01. The van der Waals surface area contributed by atoms with Crippen molar-refractivity contribution in [1.82, 2.24) is 0 Å². The molecule has 0 amide bonds. The third-order valence-electron chi connectivity index (χ3n) is 1.86. The number of carbonyl (C=O) groups excluding carboxylic acids is 1. The summed E-state index contributed by atoms with van der Waals surface area (Å²) in [5, 5.41) is 8.84. The molecule has 1 rings (SSSR count). The maximum atomic E-state index is 10.8. The fraction of sp³-hybridized carbons (Fsp3) is 0.778. The van der Waals surface area contributed by atoms with Crippen LogP contribution in [0.3, 0.4) is 0 Å². The van der Waals surface area contributed by atoms with Gasteiger partial charge in [0.2, 0.25) is 0 Å². The van der Waals surface area contributed by atoms with E-state index in [9.17, 15) is 4.79 Å². The van der Waals surface area contributed by atoms with E-state index < -0.39 is 0 Å². The molecule has 0 aromatic heterocycles. The Bertz CT molecular complexity index is 221. The molecule has 0 aromatic carbocycles. The molecule has 0 N–H and O–H groups in total. The predicted octanol–water partition coefficient (Wildman–Crippen LogP) is 2.00. The molecule has 0 aliphatic heterocycles. The van der Waals surface area contributed by atoms with Crippen molar-refractivity contribution in [2.24, 2.45) is 5.92 Å². The number of nitrogens with zero attached hydrogens (tertiary/aromatic N) is 1. The normalized spacial score (nSPS) is 20.3. The smallest absolute Gasteiger partial charge is 0.137 e. The topological polar surface area (TPSA) is 40.9 Å². The molecule has 0 heterocycles. The Kier molecular flexibility index (Phi) is 2.79. The molecule has 1 fully saturated rings. The van der Waals surface area contributed by atoms with Gasteiger partial charge in [-0.3, -0.25) is 4.79 Å². The zero-order valence-electron chi connectivity index (χ0n) is 7.46. The number of hydrogen-bond donors (Lipinski definition) is 0. The van der Waals surface area contributed by atoms with Gasteiger partial charge < -0.3 is 0 Å². The second kappa shape index (κ2) is 3.49. The van der Waals surface area contributed by atoms with Crippen molar-refractivity contribution in [3.05, 3.63) is 0 Å². The van der Waals surface area contributed by atoms with Gasteiger partial charge in [-0.25, -0.2) is 0 Å². The lowest BCUT2D eigenvalue weighted by Gasteiger charge is -2.33. The fourth-order valence-corrected chi connectivity index (χ4v) is 2.37. The number of ketones is 1. The second-order valence-corrected chi connectivity index (χ2v) is 5.11. The van der Waals surface area contributed by atoms with Crippen LogP contribution in [0, 0.1) is 17.2 Å². The fourth-order valence-electron chi connectivity index (χ4n) is 1.12. The van der Waals surface area contributed by atoms with Crippen LogP contribution < -0.4 is 0 Å². The number of rotatable bonds is 3. The van der Waals surface area contributed by atoms with Crippen molar-refractivity contribution >= 4 is 17.5 Å². The molecule has 66 valence electrons. The summed E-state index contributed by atoms with van der Waals surface area (Å²) in [4.78, 5) is 10.8. The van der Waals surface area contributed by atoms with Crippen molar-refractivity contribution in [3.8, 4) is 6.07 Å². The van der Waals surface area contributed by atoms with Gasteiger partial charge in [0.15, 0.2) is 0 Å². The summed E-state index contributed by atoms with van der Waals surface area (Å²) in [7, 11) is 0. The summed E-state index contributed by atoms with van der Waals surface area (Å²) in [6.45, 7) is 4.25. The van der Waals surface area contributed by atoms with E-state index in [4.69, 9.17) is 5.26 Å². The minimum Gasteiger partial charge on any atom is -0.300 e. The molecule has 0 atom stereocenters. The first-order chi connectivity index (χ1) is 5.58. The van der Waals surface area contributed by atoms with Gasteiger partial charge in [0.25, 0.3) is 0 Å². The van der Waals surface area contributed by atoms with Crippen LogP contribution in [0.15, 0.2) is 0 Å². The van der Waals surface area contributed by atoms with E-state index in [-0.39, 0.29) is 10.5 Å². The lowest BCUT2D eigenvalue weighted by Crippen LogP contribution is -2.40. The molecule has 2 nitrogen and oxygen atoms in total. The first-order valence-corrected chi connectivity index (χ1v) is 5.13. The number of thioether (sulfide) groups is 1. The van der Waals surface area contributed by atoms with Crippen LogP contribution >= 0.6 is 11.8 Å². The SMILES string of the molecule is CC(C)CSC1(C#N)CC(=O)C1. The molecule has 0 saturated heterocycles. The monoisotopic (exact) mass is 183 g/mol. The Morgan fingerprint density at radius 2 is 2.25 bits per heavy atom. The third-order valence-corrected chi connectivity index (χ3v) is 3.63. The number of carbonyl (C=O) groups is 1. The zero-order chi connectivity index (χ0) is 9.19. The molecule has 1 aliphatic carbocycles. The quantitative estimate of drug-likeness (QED) is 0.672. The Morgan fingerprint density at radius 1 is 1.67 bits per heavy atom. The zero-order valence-corrected chi connectivity index (χ0v) is 8.28. The van der Waals surface area contributed by atoms with Gasteiger partial charge in [0, 0.05) is 12.8 Å². The van der Waals surface area contributed by atoms with Gasteiger partial charge in [-0.15, -0.1) is 11.8 Å². The Balaban J connectivity index is 2.39. The minimum atomic E-state index is -0.360. The first kappa shape index (κ1) is 9.60. The van der Waals surface area contributed by atoms with Crippen LogP contribution in [0.25, 0.3) is 0 Å². The molecule has 1 aliphatic rings. The average Bonchev–Trinajstić information content (AvgIpc) is 1.95. The molecular formula is C9H13NOS. The number of hydrogen-bond acceptors (Lipinski definition) is 3. The molecule has 12 heavy (non-hydrogen) atoms. The molecule has 0 unspecified atom stereocenters. The van der Waals surface area contributed by atoms with E-state index in [0.717, 1.165) is 5.75 Å². The molecule has 0 radical (unpaired) electrons. The van der Waals surface area contributed by atoms with Gasteiger partial charge in [-0.05, 0) is 11.7 Å². The molecule has 3 heteroatoms. The van der Waals surface area contributed by atoms with Crippen LogP contribution in [-0.4, -0.2) is 16.3 Å². The van der Waals surface area contributed by atoms with Crippen LogP contribution in [0.4, 0.5) is 0 Å². The maximum Gasteiger partial charge on any atom is 0.137 e. The van der Waals surface area contributed by atoms with Crippen molar-refractivity contribution in [1.29, 1.82) is 5.26 Å². The summed E-state index contributed by atoms with van der Waals surface area (Å²) in [5.74, 6) is 1.80. The van der Waals surface area contributed by atoms with E-state index in [1.807, 2.05) is 0 Å². The Morgan fingerprint density at radius 3 is 2.58 bits per heavy atom. The van der Waals surface area contributed by atoms with Gasteiger partial charge in [-0.1, -0.05) is 13.8 Å². The third kappa shape index (κ3) is 2.01. The van der Waals surface area contributed by atoms with Gasteiger partial charge in [0.05, 0.1) is 6.07 Å². The van der Waals surface area contributed by atoms with Gasteiger partial charge >= 0.3 is 0 Å². The van der Waals surface area contributed by atoms with Crippen molar-refractivity contribution in [2.45, 2.75) is 31.4 Å². The summed E-state index contributed by atoms with van der Waals surface area (Å²) >= 11 is 1.64. The lowest BCUT2D eigenvalue weighted by atomic mass is 9.84. The molecule has 1 saturated carbocycles. The summed E-state index contributed by atoms with van der Waals surface area (Å²) in [5.41, 5.74) is 0. The van der Waals surface area contributed by atoms with Crippen molar-refractivity contribution in [2.75, 3.05) is 5.75 Å². The van der Waals surface area contributed by atoms with Gasteiger partial charge in [0.1, 0.15) is 10.5 Å². The van der Waals surface area contributed by atoms with E-state index in [2.05, 4.69) is 19.9 Å². The Hall–Kier alpha value is -0.490. The van der Waals surface area contributed by atoms with Gasteiger partial charge in [-0.2, -0.15) is 5.26 Å². The number of nitriles is 1. The van der Waals surface area contributed by atoms with Crippen LogP contribution in [0.5, 0.6) is 0 Å².